The van der Waals surface area contributed by atoms with Crippen LogP contribution in [0, 0.1) is 0 Å². The predicted octanol–water partition coefficient (Wildman–Crippen LogP) is 5.33. The lowest BCUT2D eigenvalue weighted by molar-refractivity contribution is 0.253. The van der Waals surface area contributed by atoms with Crippen LogP contribution in [0.5, 0.6) is 0 Å². The number of amides is 2. The van der Waals surface area contributed by atoms with E-state index in [1.165, 1.54) is 23.1 Å². The van der Waals surface area contributed by atoms with Gasteiger partial charge in [-0.2, -0.15) is 4.31 Å². The molecule has 1 heterocycles. The maximum atomic E-state index is 13.3. The Labute approximate surface area is 172 Å². The number of halogens is 2. The lowest BCUT2D eigenvalue weighted by Gasteiger charge is -2.36. The molecule has 5 nitrogen and oxygen atoms in total. The van der Waals surface area contributed by atoms with Gasteiger partial charge in [0.2, 0.25) is 0 Å². The lowest BCUT2D eigenvalue weighted by atomic mass is 10.2. The number of hydrogen-bond acceptors (Lipinski definition) is 3. The van der Waals surface area contributed by atoms with Gasteiger partial charge < -0.3 is 0 Å². The average Bonchev–Trinajstić information content (AvgIpc) is 2.67. The first-order valence-corrected chi connectivity index (χ1v) is 10.5. The van der Waals surface area contributed by atoms with E-state index in [1.54, 1.807) is 54.6 Å². The normalized spacial score (nSPS) is 15.4. The molecule has 142 valence electrons. The zero-order chi connectivity index (χ0) is 19.9. The molecule has 0 spiro atoms. The number of carbonyl (C=O) groups excluding carboxylic acids is 1. The predicted molar refractivity (Wildman–Crippen MR) is 111 cm³/mol. The van der Waals surface area contributed by atoms with Gasteiger partial charge in [-0.05, 0) is 48.0 Å². The van der Waals surface area contributed by atoms with Crippen molar-refractivity contribution in [2.24, 2.45) is 0 Å². The third-order valence-electron chi connectivity index (χ3n) is 4.38. The number of para-hydroxylation sites is 1. The van der Waals surface area contributed by atoms with E-state index in [0.29, 0.717) is 15.7 Å². The van der Waals surface area contributed by atoms with Crippen molar-refractivity contribution in [1.82, 2.24) is 0 Å². The van der Waals surface area contributed by atoms with Gasteiger partial charge in [0.1, 0.15) is 4.90 Å². The second-order valence-corrected chi connectivity index (χ2v) is 8.84. The molecule has 8 heteroatoms. The van der Waals surface area contributed by atoms with E-state index < -0.39 is 16.1 Å². The smallest absolute Gasteiger partial charge is 0.287 e. The third kappa shape index (κ3) is 3.24. The molecule has 0 unspecified atom stereocenters. The van der Waals surface area contributed by atoms with Crippen LogP contribution < -0.4 is 9.21 Å². The highest BCUT2D eigenvalue weighted by Crippen LogP contribution is 2.38. The zero-order valence-corrected chi connectivity index (χ0v) is 16.7. The van der Waals surface area contributed by atoms with E-state index in [1.807, 2.05) is 0 Å². The minimum Gasteiger partial charge on any atom is -0.287 e. The molecule has 2 amide bonds. The Balaban J connectivity index is 1.86. The highest BCUT2D eigenvalue weighted by atomic mass is 35.5. The minimum atomic E-state index is -4.07. The van der Waals surface area contributed by atoms with Crippen LogP contribution in [0.25, 0.3) is 0 Å². The number of urea groups is 1. The maximum absolute atomic E-state index is 13.3. The van der Waals surface area contributed by atoms with Crippen molar-refractivity contribution in [2.45, 2.75) is 11.4 Å². The molecular weight excluding hydrogens is 419 g/mol. The van der Waals surface area contributed by atoms with Gasteiger partial charge >= 0.3 is 6.03 Å². The highest BCUT2D eigenvalue weighted by Gasteiger charge is 2.42. The SMILES string of the molecule is O=C1N(Cc2ccc(Cl)cc2)c2ccccc2S(=O)(=O)N1c1cccc(Cl)c1. The molecule has 1 aliphatic heterocycles. The van der Waals surface area contributed by atoms with Crippen LogP contribution in [0.1, 0.15) is 5.56 Å². The molecule has 0 radical (unpaired) electrons. The first kappa shape index (κ1) is 18.8. The molecule has 3 aromatic rings. The summed E-state index contributed by atoms with van der Waals surface area (Å²) in [5, 5.41) is 0.917. The van der Waals surface area contributed by atoms with E-state index in [-0.39, 0.29) is 17.1 Å². The summed E-state index contributed by atoms with van der Waals surface area (Å²) in [6, 6.07) is 19.0. The van der Waals surface area contributed by atoms with Crippen molar-refractivity contribution in [3.63, 3.8) is 0 Å². The number of anilines is 2. The third-order valence-corrected chi connectivity index (χ3v) is 6.61. The molecule has 0 atom stereocenters. The van der Waals surface area contributed by atoms with Gasteiger partial charge in [0.25, 0.3) is 10.0 Å². The number of rotatable bonds is 3. The van der Waals surface area contributed by atoms with E-state index in [4.69, 9.17) is 23.2 Å². The zero-order valence-electron chi connectivity index (χ0n) is 14.4. The van der Waals surface area contributed by atoms with Crippen LogP contribution in [0.15, 0.2) is 77.7 Å². The minimum absolute atomic E-state index is 0.0588. The molecule has 0 aromatic heterocycles. The summed E-state index contributed by atoms with van der Waals surface area (Å²) in [4.78, 5) is 14.8. The standard InChI is InChI=1S/C20H14Cl2N2O3S/c21-15-10-8-14(9-11-15)13-23-18-6-1-2-7-19(18)28(26,27)24(20(23)25)17-5-3-4-16(22)12-17/h1-12H,13H2. The summed E-state index contributed by atoms with van der Waals surface area (Å²) >= 11 is 12.0. The Hall–Kier alpha value is -2.54. The Bertz CT molecular complexity index is 1160. The first-order valence-electron chi connectivity index (χ1n) is 8.34. The molecule has 0 bridgehead atoms. The molecule has 0 N–H and O–H groups in total. The van der Waals surface area contributed by atoms with Gasteiger partial charge in [0.15, 0.2) is 0 Å². The number of carbonyl (C=O) groups is 1. The van der Waals surface area contributed by atoms with Crippen LogP contribution in [-0.2, 0) is 16.6 Å². The van der Waals surface area contributed by atoms with E-state index in [2.05, 4.69) is 0 Å². The van der Waals surface area contributed by atoms with Crippen molar-refractivity contribution >= 4 is 50.6 Å². The van der Waals surface area contributed by atoms with Crippen LogP contribution in [-0.4, -0.2) is 14.4 Å². The van der Waals surface area contributed by atoms with Gasteiger partial charge in [-0.25, -0.2) is 13.2 Å². The lowest BCUT2D eigenvalue weighted by Crippen LogP contribution is -2.50. The molecule has 0 saturated carbocycles. The number of sulfonamides is 1. The van der Waals surface area contributed by atoms with Gasteiger partial charge in [-0.15, -0.1) is 0 Å². The summed E-state index contributed by atoms with van der Waals surface area (Å²) in [5.41, 5.74) is 1.34. The van der Waals surface area contributed by atoms with E-state index in [0.717, 1.165) is 9.87 Å². The van der Waals surface area contributed by atoms with Crippen molar-refractivity contribution < 1.29 is 13.2 Å². The van der Waals surface area contributed by atoms with Crippen LogP contribution >= 0.6 is 23.2 Å². The molecule has 3 aromatic carbocycles. The fourth-order valence-corrected chi connectivity index (χ4v) is 4.98. The fraction of sp³-hybridized carbons (Fsp3) is 0.0500. The largest absolute Gasteiger partial charge is 0.343 e. The number of benzene rings is 3. The second-order valence-electron chi connectivity index (χ2n) is 6.21. The van der Waals surface area contributed by atoms with Gasteiger partial charge in [0.05, 0.1) is 17.9 Å². The highest BCUT2D eigenvalue weighted by molar-refractivity contribution is 7.94. The topological polar surface area (TPSA) is 57.7 Å². The number of nitrogens with zero attached hydrogens (tertiary/aromatic N) is 2. The summed E-state index contributed by atoms with van der Waals surface area (Å²) in [7, 11) is -4.07. The average molecular weight is 433 g/mol. The maximum Gasteiger partial charge on any atom is 0.343 e. The molecule has 0 aliphatic carbocycles. The van der Waals surface area contributed by atoms with Crippen LogP contribution in [0.3, 0.4) is 0 Å². The molecule has 0 fully saturated rings. The summed E-state index contributed by atoms with van der Waals surface area (Å²) < 4.78 is 27.2. The van der Waals surface area contributed by atoms with Crippen molar-refractivity contribution in [1.29, 1.82) is 0 Å². The Morgan fingerprint density at radius 1 is 0.821 bits per heavy atom. The first-order chi connectivity index (χ1) is 13.4. The fourth-order valence-electron chi connectivity index (χ4n) is 3.09. The van der Waals surface area contributed by atoms with E-state index >= 15 is 0 Å². The summed E-state index contributed by atoms with van der Waals surface area (Å²) in [5.74, 6) is 0. The number of fused-ring (bicyclic) bond motifs is 1. The quantitative estimate of drug-likeness (QED) is 0.561. The summed E-state index contributed by atoms with van der Waals surface area (Å²) in [6.07, 6.45) is 0. The molecule has 4 rings (SSSR count). The monoisotopic (exact) mass is 432 g/mol. The van der Waals surface area contributed by atoms with Crippen LogP contribution in [0.4, 0.5) is 16.2 Å². The number of hydrogen-bond donors (Lipinski definition) is 0. The second kappa shape index (κ2) is 7.13. The molecule has 28 heavy (non-hydrogen) atoms. The van der Waals surface area contributed by atoms with Gasteiger partial charge in [-0.3, -0.25) is 4.90 Å². The molecule has 0 saturated heterocycles. The Kier molecular flexibility index (Phi) is 4.79. The Morgan fingerprint density at radius 2 is 1.54 bits per heavy atom. The van der Waals surface area contributed by atoms with Crippen molar-refractivity contribution in [3.05, 3.63) is 88.4 Å². The van der Waals surface area contributed by atoms with Crippen LogP contribution in [0.2, 0.25) is 10.0 Å². The summed E-state index contributed by atoms with van der Waals surface area (Å²) in [6.45, 7) is 0.194. The molecule has 1 aliphatic rings. The van der Waals surface area contributed by atoms with Crippen molar-refractivity contribution in [2.75, 3.05) is 9.21 Å². The van der Waals surface area contributed by atoms with Gasteiger partial charge in [-0.1, -0.05) is 53.5 Å². The van der Waals surface area contributed by atoms with E-state index in [9.17, 15) is 13.2 Å². The van der Waals surface area contributed by atoms with Crippen molar-refractivity contribution in [3.8, 4) is 0 Å². The Morgan fingerprint density at radius 3 is 2.25 bits per heavy atom. The molecular formula is C20H14Cl2N2O3S. The van der Waals surface area contributed by atoms with Gasteiger partial charge in [0, 0.05) is 10.0 Å².